The number of hydrogen-bond acceptors (Lipinski definition) is 4. The summed E-state index contributed by atoms with van der Waals surface area (Å²) in [5, 5.41) is 17.4. The van der Waals surface area contributed by atoms with Crippen molar-refractivity contribution in [2.45, 2.75) is 32.2 Å². The van der Waals surface area contributed by atoms with E-state index >= 15 is 0 Å². The first kappa shape index (κ1) is 18.2. The van der Waals surface area contributed by atoms with Crippen molar-refractivity contribution in [2.75, 3.05) is 33.3 Å². The van der Waals surface area contributed by atoms with Crippen molar-refractivity contribution < 1.29 is 9.90 Å². The monoisotopic (exact) mass is 368 g/mol. The van der Waals surface area contributed by atoms with Crippen molar-refractivity contribution in [2.24, 2.45) is 5.41 Å². The van der Waals surface area contributed by atoms with Crippen LogP contribution in [-0.4, -0.2) is 70.3 Å². The Morgan fingerprint density at radius 3 is 2.81 bits per heavy atom. The number of fused-ring (bicyclic) bond motifs is 1. The number of hydrogen-bond donors (Lipinski definition) is 2. The van der Waals surface area contributed by atoms with Gasteiger partial charge in [-0.3, -0.25) is 9.89 Å². The Morgan fingerprint density at radius 2 is 2.07 bits per heavy atom. The Bertz CT molecular complexity index is 819. The number of H-pyrrole nitrogens is 1. The van der Waals surface area contributed by atoms with E-state index in [1.54, 1.807) is 0 Å². The number of likely N-dealkylation sites (N-methyl/N-ethyl adjacent to an activating group) is 1. The molecule has 0 saturated carbocycles. The fraction of sp³-hybridized carbons (Fsp3) is 0.524. The smallest absolute Gasteiger partial charge is 0.272 e. The van der Waals surface area contributed by atoms with Crippen LogP contribution in [0.15, 0.2) is 30.3 Å². The maximum Gasteiger partial charge on any atom is 0.272 e. The van der Waals surface area contributed by atoms with E-state index in [4.69, 9.17) is 0 Å². The van der Waals surface area contributed by atoms with Gasteiger partial charge in [0.1, 0.15) is 5.69 Å². The molecule has 2 aliphatic rings. The number of amides is 1. The van der Waals surface area contributed by atoms with Gasteiger partial charge in [0.15, 0.2) is 0 Å². The number of carbonyl (C=O) groups is 1. The molecule has 0 spiro atoms. The number of aliphatic hydroxyl groups is 1. The number of nitrogens with zero attached hydrogens (tertiary/aromatic N) is 3. The van der Waals surface area contributed by atoms with E-state index in [1.807, 2.05) is 42.2 Å². The molecule has 2 saturated heterocycles. The van der Waals surface area contributed by atoms with E-state index < -0.39 is 0 Å². The Labute approximate surface area is 160 Å². The highest BCUT2D eigenvalue weighted by Gasteiger charge is 2.47. The molecule has 6 heteroatoms. The minimum atomic E-state index is -0.0675. The van der Waals surface area contributed by atoms with Gasteiger partial charge in [0, 0.05) is 35.7 Å². The number of nitrogens with one attached hydrogen (secondary N) is 1. The lowest BCUT2D eigenvalue weighted by molar-refractivity contribution is -0.0602. The van der Waals surface area contributed by atoms with Crippen LogP contribution in [-0.2, 0) is 0 Å². The first-order valence-corrected chi connectivity index (χ1v) is 9.76. The lowest BCUT2D eigenvalue weighted by Gasteiger charge is -2.53. The van der Waals surface area contributed by atoms with E-state index in [-0.39, 0.29) is 24.0 Å². The van der Waals surface area contributed by atoms with Gasteiger partial charge in [-0.25, -0.2) is 0 Å². The summed E-state index contributed by atoms with van der Waals surface area (Å²) in [5.41, 5.74) is 3.24. The van der Waals surface area contributed by atoms with Gasteiger partial charge in [0.2, 0.25) is 0 Å². The number of carbonyl (C=O) groups excluding carboxylic acids is 1. The maximum atomic E-state index is 13.2. The van der Waals surface area contributed by atoms with Crippen molar-refractivity contribution >= 4 is 5.91 Å². The van der Waals surface area contributed by atoms with Gasteiger partial charge in [-0.2, -0.15) is 5.10 Å². The van der Waals surface area contributed by atoms with E-state index in [9.17, 15) is 9.90 Å². The van der Waals surface area contributed by atoms with Crippen LogP contribution in [0.4, 0.5) is 0 Å². The zero-order chi connectivity index (χ0) is 19.0. The van der Waals surface area contributed by atoms with Crippen molar-refractivity contribution in [1.29, 1.82) is 0 Å². The van der Waals surface area contributed by atoms with E-state index in [0.717, 1.165) is 42.6 Å². The second kappa shape index (κ2) is 7.09. The number of rotatable bonds is 3. The predicted octanol–water partition coefficient (Wildman–Crippen LogP) is 2.30. The number of likely N-dealkylation sites (tertiary alicyclic amines) is 2. The third-order valence-corrected chi connectivity index (χ3v) is 6.57. The van der Waals surface area contributed by atoms with Crippen molar-refractivity contribution in [3.63, 3.8) is 0 Å². The molecule has 0 bridgehead atoms. The Kier molecular flexibility index (Phi) is 4.78. The highest BCUT2D eigenvalue weighted by Crippen LogP contribution is 2.41. The first-order valence-electron chi connectivity index (χ1n) is 9.76. The number of aromatic amines is 1. The molecule has 1 aromatic heterocycles. The summed E-state index contributed by atoms with van der Waals surface area (Å²) in [5.74, 6) is 0.00712. The van der Waals surface area contributed by atoms with Crippen LogP contribution in [0.3, 0.4) is 0 Å². The molecule has 144 valence electrons. The van der Waals surface area contributed by atoms with E-state index in [0.29, 0.717) is 18.8 Å². The molecule has 1 aromatic carbocycles. The predicted molar refractivity (Wildman–Crippen MR) is 104 cm³/mol. The Morgan fingerprint density at radius 1 is 1.30 bits per heavy atom. The molecule has 27 heavy (non-hydrogen) atoms. The maximum absolute atomic E-state index is 13.2. The van der Waals surface area contributed by atoms with Gasteiger partial charge in [0.25, 0.3) is 5.91 Å². The van der Waals surface area contributed by atoms with Crippen LogP contribution in [0.2, 0.25) is 0 Å². The quantitative estimate of drug-likeness (QED) is 0.872. The van der Waals surface area contributed by atoms with Crippen LogP contribution >= 0.6 is 0 Å². The number of benzene rings is 1. The van der Waals surface area contributed by atoms with E-state index in [1.165, 1.54) is 0 Å². The molecule has 2 atom stereocenters. The van der Waals surface area contributed by atoms with Crippen molar-refractivity contribution in [1.82, 2.24) is 20.0 Å². The summed E-state index contributed by atoms with van der Waals surface area (Å²) in [6, 6.07) is 10.1. The van der Waals surface area contributed by atoms with Crippen LogP contribution in [0.25, 0.3) is 11.3 Å². The zero-order valence-electron chi connectivity index (χ0n) is 16.1. The second-order valence-corrected chi connectivity index (χ2v) is 8.06. The summed E-state index contributed by atoms with van der Waals surface area (Å²) in [4.78, 5) is 17.5. The molecule has 6 nitrogen and oxygen atoms in total. The highest BCUT2D eigenvalue weighted by atomic mass is 16.3. The molecule has 2 fully saturated rings. The molecule has 2 N–H and O–H groups in total. The standard InChI is InChI=1S/C21H28N4O2/c1-15-18(16-7-4-3-5-8-16)22-23-19(15)20(27)25-12-10-21(14-26)9-6-11-24(2)17(21)13-25/h3-5,7-8,17,26H,6,9-14H2,1-2H3,(H,22,23)/t17-,21-/m1/s1. The van der Waals surface area contributed by atoms with Gasteiger partial charge >= 0.3 is 0 Å². The summed E-state index contributed by atoms with van der Waals surface area (Å²) in [6.45, 7) is 4.52. The molecule has 1 amide bonds. The topological polar surface area (TPSA) is 72.5 Å². The average Bonchev–Trinajstić information content (AvgIpc) is 3.09. The Balaban J connectivity index is 1.57. The second-order valence-electron chi connectivity index (χ2n) is 8.06. The van der Waals surface area contributed by atoms with Crippen molar-refractivity contribution in [3.05, 3.63) is 41.6 Å². The first-order chi connectivity index (χ1) is 13.1. The zero-order valence-corrected chi connectivity index (χ0v) is 16.1. The summed E-state index contributed by atoms with van der Waals surface area (Å²) >= 11 is 0. The van der Waals surface area contributed by atoms with Gasteiger partial charge in [-0.15, -0.1) is 0 Å². The van der Waals surface area contributed by atoms with Crippen molar-refractivity contribution in [3.8, 4) is 11.3 Å². The Hall–Kier alpha value is -2.18. The van der Waals surface area contributed by atoms with Gasteiger partial charge in [-0.1, -0.05) is 30.3 Å². The lowest BCUT2D eigenvalue weighted by Crippen LogP contribution is -2.62. The highest BCUT2D eigenvalue weighted by molar-refractivity contribution is 5.95. The summed E-state index contributed by atoms with van der Waals surface area (Å²) < 4.78 is 0. The SMILES string of the molecule is Cc1c(-c2ccccc2)n[nH]c1C(=O)N1CC[C@@]2(CO)CCCN(C)[C@@H]2C1. The fourth-order valence-electron chi connectivity index (χ4n) is 4.84. The molecule has 0 radical (unpaired) electrons. The molecule has 2 aromatic rings. The number of piperidine rings is 2. The molecule has 3 heterocycles. The van der Waals surface area contributed by atoms with Gasteiger partial charge in [0.05, 0.1) is 12.3 Å². The number of aliphatic hydroxyl groups excluding tert-OH is 1. The van der Waals surface area contributed by atoms with Gasteiger partial charge < -0.3 is 14.9 Å². The minimum absolute atomic E-state index is 0.00712. The third kappa shape index (κ3) is 3.07. The average molecular weight is 368 g/mol. The minimum Gasteiger partial charge on any atom is -0.396 e. The summed E-state index contributed by atoms with van der Waals surface area (Å²) in [7, 11) is 2.11. The largest absolute Gasteiger partial charge is 0.396 e. The molecule has 0 aliphatic carbocycles. The van der Waals surface area contributed by atoms with Crippen LogP contribution in [0, 0.1) is 12.3 Å². The molecule has 4 rings (SSSR count). The fourth-order valence-corrected chi connectivity index (χ4v) is 4.84. The van der Waals surface area contributed by atoms with Crippen LogP contribution in [0.1, 0.15) is 35.3 Å². The van der Waals surface area contributed by atoms with E-state index in [2.05, 4.69) is 22.1 Å². The van der Waals surface area contributed by atoms with Crippen LogP contribution < -0.4 is 0 Å². The molecule has 0 unspecified atom stereocenters. The third-order valence-electron chi connectivity index (χ3n) is 6.57. The lowest BCUT2D eigenvalue weighted by atomic mass is 9.69. The normalized spacial score (nSPS) is 26.0. The molecular weight excluding hydrogens is 340 g/mol. The van der Waals surface area contributed by atoms with Gasteiger partial charge in [-0.05, 0) is 39.8 Å². The molecule has 2 aliphatic heterocycles. The molecular formula is C21H28N4O2. The number of aromatic nitrogens is 2. The summed E-state index contributed by atoms with van der Waals surface area (Å²) in [6.07, 6.45) is 3.01. The van der Waals surface area contributed by atoms with Crippen LogP contribution in [0.5, 0.6) is 0 Å².